The number of aromatic nitrogens is 2. The number of anilines is 2. The maximum absolute atomic E-state index is 15.0. The Morgan fingerprint density at radius 2 is 1.77 bits per heavy atom. The summed E-state index contributed by atoms with van der Waals surface area (Å²) in [6.07, 6.45) is -9.41. The van der Waals surface area contributed by atoms with E-state index in [-0.39, 0.29) is 45.1 Å². The van der Waals surface area contributed by atoms with Crippen molar-refractivity contribution in [1.82, 2.24) is 10.1 Å². The number of carbonyl (C=O) groups is 2. The number of rotatable bonds is 8. The standard InChI is InChI=1S/C29H20F7N5O5S/c1-15-2-3-18(12-44-14-28(31,32)33)22(10-15)41-23(42)13-47-27(41)39-26(43)37-21-9-6-17(11-20(21)30)25-38-24(40-46-25)16-4-7-19(8-5-16)45-29(34,35)36/h2-11H,12-14H2,1H3,(H,37,43)/b39-27-. The van der Waals surface area contributed by atoms with Gasteiger partial charge in [0.15, 0.2) is 5.17 Å². The van der Waals surface area contributed by atoms with Crippen molar-refractivity contribution in [2.24, 2.45) is 4.99 Å². The number of amides is 3. The van der Waals surface area contributed by atoms with Gasteiger partial charge in [-0.1, -0.05) is 29.1 Å². The fourth-order valence-electron chi connectivity index (χ4n) is 4.21. The van der Waals surface area contributed by atoms with Crippen molar-refractivity contribution in [1.29, 1.82) is 0 Å². The predicted molar refractivity (Wildman–Crippen MR) is 155 cm³/mol. The number of aliphatic imine (C=N–C) groups is 1. The van der Waals surface area contributed by atoms with Gasteiger partial charge in [-0.05, 0) is 61.0 Å². The molecule has 1 aliphatic rings. The maximum atomic E-state index is 15.0. The minimum Gasteiger partial charge on any atom is -0.406 e. The number of hydrogen-bond donors (Lipinski definition) is 1. The van der Waals surface area contributed by atoms with E-state index in [9.17, 15) is 40.3 Å². The maximum Gasteiger partial charge on any atom is 0.573 e. The first-order chi connectivity index (χ1) is 22.1. The largest absolute Gasteiger partial charge is 0.573 e. The monoisotopic (exact) mass is 683 g/mol. The second-order valence-corrected chi connectivity index (χ2v) is 10.7. The Morgan fingerprint density at radius 3 is 2.45 bits per heavy atom. The molecule has 1 saturated heterocycles. The number of amidine groups is 1. The molecule has 5 rings (SSSR count). The van der Waals surface area contributed by atoms with Crippen LogP contribution < -0.4 is 15.0 Å². The van der Waals surface area contributed by atoms with Crippen LogP contribution in [-0.2, 0) is 16.1 Å². The molecule has 2 heterocycles. The summed E-state index contributed by atoms with van der Waals surface area (Å²) in [5.41, 5.74) is 1.24. The molecule has 3 amide bonds. The molecule has 0 spiro atoms. The Kier molecular flexibility index (Phi) is 9.53. The first kappa shape index (κ1) is 33.4. The zero-order valence-electron chi connectivity index (χ0n) is 23.8. The van der Waals surface area contributed by atoms with Crippen LogP contribution in [0.1, 0.15) is 11.1 Å². The summed E-state index contributed by atoms with van der Waals surface area (Å²) in [7, 11) is 0. The van der Waals surface area contributed by atoms with Gasteiger partial charge in [-0.15, -0.1) is 13.2 Å². The highest BCUT2D eigenvalue weighted by Gasteiger charge is 2.33. The SMILES string of the molecule is Cc1ccc(COCC(F)(F)F)c(N2C(=O)CS/C2=N\C(=O)Nc2ccc(-c3nc(-c4ccc(OC(F)(F)F)cc4)no3)cc2F)c1. The smallest absolute Gasteiger partial charge is 0.406 e. The van der Waals surface area contributed by atoms with E-state index in [1.165, 1.54) is 30.3 Å². The highest BCUT2D eigenvalue weighted by atomic mass is 32.2. The normalized spacial score (nSPS) is 14.6. The van der Waals surface area contributed by atoms with E-state index < -0.39 is 49.3 Å². The van der Waals surface area contributed by atoms with Crippen LogP contribution in [0.2, 0.25) is 0 Å². The molecule has 18 heteroatoms. The number of benzene rings is 3. The van der Waals surface area contributed by atoms with Gasteiger partial charge in [-0.25, -0.2) is 9.18 Å². The fourth-order valence-corrected chi connectivity index (χ4v) is 5.06. The molecule has 0 saturated carbocycles. The van der Waals surface area contributed by atoms with Gasteiger partial charge in [0.1, 0.15) is 18.2 Å². The first-order valence-electron chi connectivity index (χ1n) is 13.2. The van der Waals surface area contributed by atoms with Crippen molar-refractivity contribution in [2.45, 2.75) is 26.1 Å². The molecule has 0 atom stereocenters. The average Bonchev–Trinajstić information content (AvgIpc) is 3.61. The lowest BCUT2D eigenvalue weighted by atomic mass is 10.1. The zero-order chi connectivity index (χ0) is 33.9. The van der Waals surface area contributed by atoms with Crippen LogP contribution in [0.15, 0.2) is 70.2 Å². The van der Waals surface area contributed by atoms with Gasteiger partial charge in [-0.2, -0.15) is 23.1 Å². The molecule has 246 valence electrons. The molecule has 47 heavy (non-hydrogen) atoms. The van der Waals surface area contributed by atoms with Crippen LogP contribution in [0.25, 0.3) is 22.8 Å². The minimum absolute atomic E-state index is 0.00372. The lowest BCUT2D eigenvalue weighted by molar-refractivity contribution is -0.274. The number of urea groups is 1. The van der Waals surface area contributed by atoms with Crippen molar-refractivity contribution in [3.63, 3.8) is 0 Å². The summed E-state index contributed by atoms with van der Waals surface area (Å²) in [5, 5.41) is 5.94. The fraction of sp³-hybridized carbons (Fsp3) is 0.207. The molecule has 10 nitrogen and oxygen atoms in total. The van der Waals surface area contributed by atoms with Crippen LogP contribution in [0.5, 0.6) is 5.75 Å². The van der Waals surface area contributed by atoms with E-state index >= 15 is 0 Å². The van der Waals surface area contributed by atoms with Crippen molar-refractivity contribution in [3.05, 3.63) is 77.6 Å². The third-order valence-corrected chi connectivity index (χ3v) is 7.12. The van der Waals surface area contributed by atoms with E-state index in [0.717, 1.165) is 34.9 Å². The Morgan fingerprint density at radius 1 is 1.04 bits per heavy atom. The molecule has 1 aliphatic heterocycles. The summed E-state index contributed by atoms with van der Waals surface area (Å²) < 4.78 is 104. The first-order valence-corrected chi connectivity index (χ1v) is 14.2. The van der Waals surface area contributed by atoms with Crippen molar-refractivity contribution < 1.29 is 54.3 Å². The highest BCUT2D eigenvalue weighted by Crippen LogP contribution is 2.32. The molecule has 1 aromatic heterocycles. The number of hydrogen-bond acceptors (Lipinski definition) is 8. The second-order valence-electron chi connectivity index (χ2n) is 9.77. The minimum atomic E-state index is -4.86. The molecular weight excluding hydrogens is 663 g/mol. The Labute approximate surface area is 264 Å². The number of halogens is 7. The van der Waals surface area contributed by atoms with E-state index in [2.05, 4.69) is 25.2 Å². The number of ether oxygens (including phenoxy) is 2. The Hall–Kier alpha value is -4.97. The van der Waals surface area contributed by atoms with Crippen molar-refractivity contribution in [3.8, 4) is 28.6 Å². The van der Waals surface area contributed by atoms with Gasteiger partial charge in [0.05, 0.1) is 23.7 Å². The van der Waals surface area contributed by atoms with Gasteiger partial charge < -0.3 is 19.3 Å². The van der Waals surface area contributed by atoms with Crippen molar-refractivity contribution >= 4 is 40.2 Å². The summed E-state index contributed by atoms with van der Waals surface area (Å²) >= 11 is 0.909. The van der Waals surface area contributed by atoms with Crippen LogP contribution in [0.3, 0.4) is 0 Å². The van der Waals surface area contributed by atoms with Gasteiger partial charge >= 0.3 is 18.6 Å². The molecular formula is C29H20F7N5O5S. The highest BCUT2D eigenvalue weighted by molar-refractivity contribution is 8.15. The molecule has 0 unspecified atom stereocenters. The summed E-state index contributed by atoms with van der Waals surface area (Å²) in [6.45, 7) is -0.259. The van der Waals surface area contributed by atoms with Gasteiger partial charge in [0.2, 0.25) is 11.7 Å². The molecule has 0 radical (unpaired) electrons. The third-order valence-electron chi connectivity index (χ3n) is 6.20. The van der Waals surface area contributed by atoms with Crippen LogP contribution >= 0.6 is 11.8 Å². The van der Waals surface area contributed by atoms with Crippen molar-refractivity contribution in [2.75, 3.05) is 22.6 Å². The summed E-state index contributed by atoms with van der Waals surface area (Å²) in [5.74, 6) is -2.08. The van der Waals surface area contributed by atoms with Gasteiger partial charge in [0.25, 0.3) is 5.89 Å². The average molecular weight is 684 g/mol. The number of aryl methyl sites for hydroxylation is 1. The second kappa shape index (κ2) is 13.4. The number of alkyl halides is 6. The zero-order valence-corrected chi connectivity index (χ0v) is 24.6. The number of carbonyl (C=O) groups excluding carboxylic acids is 2. The number of thioether (sulfide) groups is 1. The van der Waals surface area contributed by atoms with E-state index in [4.69, 9.17) is 9.26 Å². The third kappa shape index (κ3) is 8.64. The Balaban J connectivity index is 1.29. The molecule has 1 N–H and O–H groups in total. The number of nitrogens with zero attached hydrogens (tertiary/aromatic N) is 4. The summed E-state index contributed by atoms with van der Waals surface area (Å²) in [6, 6.07) is 11.8. The molecule has 4 aromatic rings. The lowest BCUT2D eigenvalue weighted by Crippen LogP contribution is -2.31. The quantitative estimate of drug-likeness (QED) is 0.190. The van der Waals surface area contributed by atoms with Gasteiger partial charge in [-0.3, -0.25) is 9.69 Å². The Bertz CT molecular complexity index is 1830. The van der Waals surface area contributed by atoms with Gasteiger partial charge in [0, 0.05) is 16.7 Å². The predicted octanol–water partition coefficient (Wildman–Crippen LogP) is 7.50. The van der Waals surface area contributed by atoms with E-state index in [1.54, 1.807) is 19.1 Å². The van der Waals surface area contributed by atoms with Crippen LogP contribution in [-0.4, -0.2) is 52.1 Å². The molecule has 0 aliphatic carbocycles. The number of nitrogens with one attached hydrogen (secondary N) is 1. The molecule has 0 bridgehead atoms. The summed E-state index contributed by atoms with van der Waals surface area (Å²) in [4.78, 5) is 34.6. The lowest BCUT2D eigenvalue weighted by Gasteiger charge is -2.21. The van der Waals surface area contributed by atoms with Crippen LogP contribution in [0, 0.1) is 12.7 Å². The van der Waals surface area contributed by atoms with E-state index in [0.29, 0.717) is 11.1 Å². The van der Waals surface area contributed by atoms with E-state index in [1.807, 2.05) is 0 Å². The topological polar surface area (TPSA) is 119 Å². The molecule has 3 aromatic carbocycles. The van der Waals surface area contributed by atoms with Crippen LogP contribution in [0.4, 0.5) is 46.9 Å². The molecule has 1 fully saturated rings.